The molecule has 1 heterocycles. The van der Waals surface area contributed by atoms with E-state index in [1.165, 1.54) is 0 Å². The van der Waals surface area contributed by atoms with Crippen molar-refractivity contribution in [1.82, 2.24) is 9.97 Å². The van der Waals surface area contributed by atoms with Crippen LogP contribution in [-0.2, 0) is 6.42 Å². The maximum absolute atomic E-state index is 6.18. The van der Waals surface area contributed by atoms with Crippen molar-refractivity contribution in [1.29, 1.82) is 0 Å². The second-order valence-corrected chi connectivity index (χ2v) is 4.83. The van der Waals surface area contributed by atoms with Crippen LogP contribution in [-0.4, -0.2) is 17.1 Å². The minimum Gasteiger partial charge on any atom is -0.496 e. The molecule has 0 N–H and O–H groups in total. The molecule has 0 saturated carbocycles. The molecular weight excluding hydrogens is 260 g/mol. The lowest BCUT2D eigenvalue weighted by Crippen LogP contribution is -2.01. The zero-order chi connectivity index (χ0) is 14.0. The SMILES string of the molecule is CCc1nc(-c2ccc(C)cc2OC)nc(Cl)c1C. The van der Waals surface area contributed by atoms with Gasteiger partial charge in [-0.15, -0.1) is 0 Å². The zero-order valence-electron chi connectivity index (χ0n) is 11.6. The molecule has 1 aromatic heterocycles. The van der Waals surface area contributed by atoms with E-state index in [-0.39, 0.29) is 0 Å². The van der Waals surface area contributed by atoms with Gasteiger partial charge in [0.2, 0.25) is 0 Å². The molecule has 0 atom stereocenters. The third-order valence-corrected chi connectivity index (χ3v) is 3.49. The minimum atomic E-state index is 0.504. The van der Waals surface area contributed by atoms with E-state index in [0.717, 1.165) is 34.6 Å². The molecule has 19 heavy (non-hydrogen) atoms. The second kappa shape index (κ2) is 5.57. The first-order valence-corrected chi connectivity index (χ1v) is 6.62. The smallest absolute Gasteiger partial charge is 0.164 e. The molecule has 100 valence electrons. The van der Waals surface area contributed by atoms with Gasteiger partial charge in [-0.25, -0.2) is 9.97 Å². The molecule has 0 unspecified atom stereocenters. The van der Waals surface area contributed by atoms with Crippen molar-refractivity contribution in [3.05, 3.63) is 40.2 Å². The van der Waals surface area contributed by atoms with Gasteiger partial charge in [0.15, 0.2) is 5.82 Å². The molecule has 0 amide bonds. The summed E-state index contributed by atoms with van der Waals surface area (Å²) in [5, 5.41) is 0.504. The molecule has 0 aliphatic heterocycles. The van der Waals surface area contributed by atoms with Gasteiger partial charge >= 0.3 is 0 Å². The molecule has 0 bridgehead atoms. The Morgan fingerprint density at radius 2 is 1.95 bits per heavy atom. The van der Waals surface area contributed by atoms with Crippen molar-refractivity contribution < 1.29 is 4.74 Å². The average molecular weight is 277 g/mol. The summed E-state index contributed by atoms with van der Waals surface area (Å²) in [6, 6.07) is 5.95. The summed E-state index contributed by atoms with van der Waals surface area (Å²) >= 11 is 6.18. The minimum absolute atomic E-state index is 0.504. The largest absolute Gasteiger partial charge is 0.496 e. The van der Waals surface area contributed by atoms with Crippen molar-refractivity contribution >= 4 is 11.6 Å². The predicted octanol–water partition coefficient (Wildman–Crippen LogP) is 3.98. The van der Waals surface area contributed by atoms with Crippen LogP contribution >= 0.6 is 11.6 Å². The topological polar surface area (TPSA) is 35.0 Å². The van der Waals surface area contributed by atoms with Crippen molar-refractivity contribution in [3.8, 4) is 17.1 Å². The highest BCUT2D eigenvalue weighted by molar-refractivity contribution is 6.30. The highest BCUT2D eigenvalue weighted by Gasteiger charge is 2.13. The molecule has 2 rings (SSSR count). The van der Waals surface area contributed by atoms with Gasteiger partial charge in [0, 0.05) is 11.3 Å². The Bertz CT molecular complexity index is 611. The molecule has 0 aliphatic rings. The Morgan fingerprint density at radius 3 is 2.58 bits per heavy atom. The van der Waals surface area contributed by atoms with Crippen LogP contribution in [0.4, 0.5) is 0 Å². The zero-order valence-corrected chi connectivity index (χ0v) is 12.4. The van der Waals surface area contributed by atoms with Crippen molar-refractivity contribution in [2.45, 2.75) is 27.2 Å². The van der Waals surface area contributed by atoms with Gasteiger partial charge in [-0.3, -0.25) is 0 Å². The highest BCUT2D eigenvalue weighted by Crippen LogP contribution is 2.30. The molecule has 4 heteroatoms. The number of nitrogens with zero attached hydrogens (tertiary/aromatic N) is 2. The third-order valence-electron chi connectivity index (χ3n) is 3.12. The van der Waals surface area contributed by atoms with Crippen LogP contribution in [0, 0.1) is 13.8 Å². The van der Waals surface area contributed by atoms with Gasteiger partial charge in [0.25, 0.3) is 0 Å². The molecular formula is C15H17ClN2O. The summed E-state index contributed by atoms with van der Waals surface area (Å²) in [6.07, 6.45) is 0.829. The first kappa shape index (κ1) is 13.8. The summed E-state index contributed by atoms with van der Waals surface area (Å²) in [5.41, 5.74) is 3.91. The number of aryl methyl sites for hydroxylation is 2. The Kier molecular flexibility index (Phi) is 4.05. The summed E-state index contributed by atoms with van der Waals surface area (Å²) in [7, 11) is 1.65. The fraction of sp³-hybridized carbons (Fsp3) is 0.333. The van der Waals surface area contributed by atoms with E-state index in [2.05, 4.69) is 16.9 Å². The number of hydrogen-bond donors (Lipinski definition) is 0. The van der Waals surface area contributed by atoms with E-state index in [4.69, 9.17) is 16.3 Å². The van der Waals surface area contributed by atoms with Crippen LogP contribution < -0.4 is 4.74 Å². The lowest BCUT2D eigenvalue weighted by atomic mass is 10.1. The Labute approximate surface area is 118 Å². The number of hydrogen-bond acceptors (Lipinski definition) is 3. The average Bonchev–Trinajstić information content (AvgIpc) is 2.41. The fourth-order valence-electron chi connectivity index (χ4n) is 1.98. The van der Waals surface area contributed by atoms with Gasteiger partial charge in [0.1, 0.15) is 10.9 Å². The van der Waals surface area contributed by atoms with Crippen LogP contribution in [0.1, 0.15) is 23.7 Å². The molecule has 0 radical (unpaired) electrons. The van der Waals surface area contributed by atoms with Crippen molar-refractivity contribution in [2.24, 2.45) is 0 Å². The molecule has 0 saturated heterocycles. The van der Waals surface area contributed by atoms with Crippen molar-refractivity contribution in [2.75, 3.05) is 7.11 Å². The summed E-state index contributed by atoms with van der Waals surface area (Å²) in [5.74, 6) is 1.38. The van der Waals surface area contributed by atoms with Crippen LogP contribution in [0.15, 0.2) is 18.2 Å². The van der Waals surface area contributed by atoms with Crippen LogP contribution in [0.2, 0.25) is 5.15 Å². The molecule has 2 aromatic rings. The number of aromatic nitrogens is 2. The van der Waals surface area contributed by atoms with E-state index in [1.807, 2.05) is 32.0 Å². The lowest BCUT2D eigenvalue weighted by molar-refractivity contribution is 0.416. The van der Waals surface area contributed by atoms with Crippen LogP contribution in [0.3, 0.4) is 0 Å². The van der Waals surface area contributed by atoms with E-state index in [9.17, 15) is 0 Å². The second-order valence-electron chi connectivity index (χ2n) is 4.47. The van der Waals surface area contributed by atoms with Crippen LogP contribution in [0.25, 0.3) is 11.4 Å². The number of methoxy groups -OCH3 is 1. The lowest BCUT2D eigenvalue weighted by Gasteiger charge is -2.11. The van der Waals surface area contributed by atoms with Gasteiger partial charge in [-0.05, 0) is 38.0 Å². The number of rotatable bonds is 3. The Balaban J connectivity index is 2.62. The Hall–Kier alpha value is -1.61. The molecule has 1 aromatic carbocycles. The maximum Gasteiger partial charge on any atom is 0.164 e. The fourth-order valence-corrected chi connectivity index (χ4v) is 2.17. The van der Waals surface area contributed by atoms with Gasteiger partial charge in [-0.2, -0.15) is 0 Å². The monoisotopic (exact) mass is 276 g/mol. The predicted molar refractivity (Wildman–Crippen MR) is 77.9 cm³/mol. The van der Waals surface area contributed by atoms with Gasteiger partial charge in [0.05, 0.1) is 12.7 Å². The van der Waals surface area contributed by atoms with Gasteiger partial charge in [-0.1, -0.05) is 24.6 Å². The third kappa shape index (κ3) is 2.71. The van der Waals surface area contributed by atoms with Crippen LogP contribution in [0.5, 0.6) is 5.75 Å². The van der Waals surface area contributed by atoms with E-state index in [1.54, 1.807) is 7.11 Å². The number of benzene rings is 1. The maximum atomic E-state index is 6.18. The molecule has 0 aliphatic carbocycles. The van der Waals surface area contributed by atoms with E-state index in [0.29, 0.717) is 11.0 Å². The first-order chi connectivity index (χ1) is 9.06. The van der Waals surface area contributed by atoms with E-state index < -0.39 is 0 Å². The summed E-state index contributed by atoms with van der Waals surface area (Å²) < 4.78 is 5.40. The standard InChI is InChI=1S/C15H17ClN2O/c1-5-12-10(3)14(16)18-15(17-12)11-7-6-9(2)8-13(11)19-4/h6-8H,5H2,1-4H3. The van der Waals surface area contributed by atoms with E-state index >= 15 is 0 Å². The Morgan fingerprint density at radius 1 is 1.21 bits per heavy atom. The van der Waals surface area contributed by atoms with Crippen molar-refractivity contribution in [3.63, 3.8) is 0 Å². The summed E-state index contributed by atoms with van der Waals surface area (Å²) in [6.45, 7) is 6.02. The number of halogens is 1. The molecule has 0 spiro atoms. The highest BCUT2D eigenvalue weighted by atomic mass is 35.5. The molecule has 3 nitrogen and oxygen atoms in total. The quantitative estimate of drug-likeness (QED) is 0.795. The van der Waals surface area contributed by atoms with Gasteiger partial charge < -0.3 is 4.74 Å². The molecule has 0 fully saturated rings. The summed E-state index contributed by atoms with van der Waals surface area (Å²) in [4.78, 5) is 8.95. The first-order valence-electron chi connectivity index (χ1n) is 6.24. The normalized spacial score (nSPS) is 10.6. The number of ether oxygens (including phenoxy) is 1.